The molecule has 1 unspecified atom stereocenters. The van der Waals surface area contributed by atoms with Crippen LogP contribution in [-0.4, -0.2) is 40.0 Å². The van der Waals surface area contributed by atoms with Crippen molar-refractivity contribution < 1.29 is 14.0 Å². The van der Waals surface area contributed by atoms with Crippen molar-refractivity contribution in [3.05, 3.63) is 36.0 Å². The molecule has 8 heteroatoms. The SMILES string of the molecule is CCc1nnc(C(C)N(CC)CC(=O)Nc2ccc(NC(C)=O)cc2)o1. The number of nitrogens with one attached hydrogen (secondary N) is 2. The molecule has 2 N–H and O–H groups in total. The summed E-state index contributed by atoms with van der Waals surface area (Å²) in [5, 5.41) is 13.6. The summed E-state index contributed by atoms with van der Waals surface area (Å²) in [7, 11) is 0. The molecule has 0 saturated heterocycles. The van der Waals surface area contributed by atoms with Gasteiger partial charge in [-0.25, -0.2) is 0 Å². The van der Waals surface area contributed by atoms with Crippen molar-refractivity contribution in [3.8, 4) is 0 Å². The molecular formula is C18H25N5O3. The Kier molecular flexibility index (Phi) is 6.85. The van der Waals surface area contributed by atoms with Crippen LogP contribution >= 0.6 is 0 Å². The fraction of sp³-hybridized carbons (Fsp3) is 0.444. The molecule has 0 aliphatic rings. The van der Waals surface area contributed by atoms with Gasteiger partial charge in [-0.15, -0.1) is 10.2 Å². The van der Waals surface area contributed by atoms with E-state index in [2.05, 4.69) is 20.8 Å². The van der Waals surface area contributed by atoms with Gasteiger partial charge in [0, 0.05) is 24.7 Å². The molecule has 0 saturated carbocycles. The van der Waals surface area contributed by atoms with E-state index >= 15 is 0 Å². The lowest BCUT2D eigenvalue weighted by Gasteiger charge is -2.24. The zero-order chi connectivity index (χ0) is 19.1. The molecule has 1 heterocycles. The highest BCUT2D eigenvalue weighted by Gasteiger charge is 2.22. The highest BCUT2D eigenvalue weighted by atomic mass is 16.4. The van der Waals surface area contributed by atoms with Gasteiger partial charge in [-0.1, -0.05) is 13.8 Å². The molecule has 140 valence electrons. The molecule has 26 heavy (non-hydrogen) atoms. The lowest BCUT2D eigenvalue weighted by atomic mass is 10.2. The second-order valence-electron chi connectivity index (χ2n) is 5.93. The summed E-state index contributed by atoms with van der Waals surface area (Å²) >= 11 is 0. The zero-order valence-corrected chi connectivity index (χ0v) is 15.6. The van der Waals surface area contributed by atoms with Crippen molar-refractivity contribution in [3.63, 3.8) is 0 Å². The third-order valence-electron chi connectivity index (χ3n) is 3.93. The standard InChI is InChI=1S/C18H25N5O3/c1-5-17-21-22-18(26-17)12(3)23(6-2)11-16(25)20-15-9-7-14(8-10-15)19-13(4)24/h7-10,12H,5-6,11H2,1-4H3,(H,19,24)(H,20,25). The molecule has 2 rings (SSSR count). The third kappa shape index (κ3) is 5.38. The van der Waals surface area contributed by atoms with Crippen molar-refractivity contribution in [1.82, 2.24) is 15.1 Å². The van der Waals surface area contributed by atoms with Crippen molar-refractivity contribution in [2.75, 3.05) is 23.7 Å². The smallest absolute Gasteiger partial charge is 0.238 e. The first-order valence-electron chi connectivity index (χ1n) is 8.66. The van der Waals surface area contributed by atoms with Crippen molar-refractivity contribution in [2.45, 2.75) is 40.2 Å². The average molecular weight is 359 g/mol. The summed E-state index contributed by atoms with van der Waals surface area (Å²) in [4.78, 5) is 25.3. The van der Waals surface area contributed by atoms with Crippen LogP contribution in [0.1, 0.15) is 45.5 Å². The van der Waals surface area contributed by atoms with Gasteiger partial charge in [-0.05, 0) is 37.7 Å². The van der Waals surface area contributed by atoms with Gasteiger partial charge in [0.1, 0.15) is 0 Å². The predicted octanol–water partition coefficient (Wildman–Crippen LogP) is 2.61. The number of carbonyl (C=O) groups excluding carboxylic acids is 2. The number of aromatic nitrogens is 2. The van der Waals surface area contributed by atoms with Crippen LogP contribution < -0.4 is 10.6 Å². The number of nitrogens with zero attached hydrogens (tertiary/aromatic N) is 3. The molecular weight excluding hydrogens is 334 g/mol. The van der Waals surface area contributed by atoms with Crippen LogP contribution in [0.15, 0.2) is 28.7 Å². The molecule has 2 amide bonds. The van der Waals surface area contributed by atoms with Crippen LogP contribution in [0.3, 0.4) is 0 Å². The lowest BCUT2D eigenvalue weighted by Crippen LogP contribution is -2.35. The van der Waals surface area contributed by atoms with Gasteiger partial charge >= 0.3 is 0 Å². The highest BCUT2D eigenvalue weighted by molar-refractivity contribution is 5.93. The van der Waals surface area contributed by atoms with E-state index in [-0.39, 0.29) is 24.4 Å². The molecule has 0 bridgehead atoms. The Bertz CT molecular complexity index is 742. The Morgan fingerprint density at radius 3 is 2.23 bits per heavy atom. The number of rotatable bonds is 8. The van der Waals surface area contributed by atoms with Gasteiger partial charge in [0.2, 0.25) is 23.6 Å². The summed E-state index contributed by atoms with van der Waals surface area (Å²) in [6.45, 7) is 8.18. The second-order valence-corrected chi connectivity index (χ2v) is 5.93. The first kappa shape index (κ1) is 19.6. The Labute approximate surface area is 153 Å². The fourth-order valence-corrected chi connectivity index (χ4v) is 2.48. The van der Waals surface area contributed by atoms with Gasteiger partial charge < -0.3 is 15.1 Å². The van der Waals surface area contributed by atoms with Crippen LogP contribution in [0.5, 0.6) is 0 Å². The molecule has 0 aliphatic carbocycles. The maximum absolute atomic E-state index is 12.4. The topological polar surface area (TPSA) is 100 Å². The first-order valence-corrected chi connectivity index (χ1v) is 8.66. The Morgan fingerprint density at radius 1 is 1.12 bits per heavy atom. The molecule has 0 aliphatic heterocycles. The van der Waals surface area contributed by atoms with E-state index in [0.29, 0.717) is 36.1 Å². The Morgan fingerprint density at radius 2 is 1.73 bits per heavy atom. The maximum Gasteiger partial charge on any atom is 0.238 e. The summed E-state index contributed by atoms with van der Waals surface area (Å²) in [5.74, 6) is 0.825. The Balaban J connectivity index is 1.94. The fourth-order valence-electron chi connectivity index (χ4n) is 2.48. The monoisotopic (exact) mass is 359 g/mol. The molecule has 1 atom stereocenters. The second kappa shape index (κ2) is 9.10. The number of anilines is 2. The normalized spacial score (nSPS) is 12.0. The number of amides is 2. The van der Waals surface area contributed by atoms with E-state index in [1.807, 2.05) is 25.7 Å². The molecule has 1 aromatic heterocycles. The number of aryl methyl sites for hydroxylation is 1. The predicted molar refractivity (Wildman–Crippen MR) is 98.7 cm³/mol. The zero-order valence-electron chi connectivity index (χ0n) is 15.6. The van der Waals surface area contributed by atoms with E-state index in [1.54, 1.807) is 24.3 Å². The largest absolute Gasteiger partial charge is 0.424 e. The minimum Gasteiger partial charge on any atom is -0.424 e. The number of likely N-dealkylation sites (N-methyl/N-ethyl adjacent to an activating group) is 1. The van der Waals surface area contributed by atoms with Gasteiger partial charge in [0.25, 0.3) is 0 Å². The minimum absolute atomic E-state index is 0.137. The summed E-state index contributed by atoms with van der Waals surface area (Å²) in [6.07, 6.45) is 0.681. The number of benzene rings is 1. The van der Waals surface area contributed by atoms with Gasteiger partial charge in [-0.3, -0.25) is 14.5 Å². The molecule has 0 fully saturated rings. The molecule has 0 spiro atoms. The number of hydrogen-bond acceptors (Lipinski definition) is 6. The first-order chi connectivity index (χ1) is 12.4. The van der Waals surface area contributed by atoms with Gasteiger partial charge in [0.15, 0.2) is 0 Å². The molecule has 0 radical (unpaired) electrons. The quantitative estimate of drug-likeness (QED) is 0.751. The van der Waals surface area contributed by atoms with Crippen LogP contribution in [0.25, 0.3) is 0 Å². The number of carbonyl (C=O) groups is 2. The van der Waals surface area contributed by atoms with E-state index in [1.165, 1.54) is 6.92 Å². The number of hydrogen-bond donors (Lipinski definition) is 2. The van der Waals surface area contributed by atoms with Gasteiger partial charge in [0.05, 0.1) is 12.6 Å². The molecule has 2 aromatic rings. The van der Waals surface area contributed by atoms with Crippen molar-refractivity contribution in [1.29, 1.82) is 0 Å². The highest BCUT2D eigenvalue weighted by Crippen LogP contribution is 2.19. The minimum atomic E-state index is -0.152. The summed E-state index contributed by atoms with van der Waals surface area (Å²) in [6, 6.07) is 6.81. The van der Waals surface area contributed by atoms with Crippen molar-refractivity contribution in [2.24, 2.45) is 0 Å². The van der Waals surface area contributed by atoms with Crippen LogP contribution in [-0.2, 0) is 16.0 Å². The summed E-state index contributed by atoms with van der Waals surface area (Å²) < 4.78 is 5.59. The van der Waals surface area contributed by atoms with Crippen molar-refractivity contribution >= 4 is 23.2 Å². The van der Waals surface area contributed by atoms with E-state index in [9.17, 15) is 9.59 Å². The van der Waals surface area contributed by atoms with E-state index < -0.39 is 0 Å². The van der Waals surface area contributed by atoms with Crippen LogP contribution in [0, 0.1) is 0 Å². The summed E-state index contributed by atoms with van der Waals surface area (Å²) in [5.41, 5.74) is 1.35. The van der Waals surface area contributed by atoms with Gasteiger partial charge in [-0.2, -0.15) is 0 Å². The molecule has 1 aromatic carbocycles. The Hall–Kier alpha value is -2.74. The third-order valence-corrected chi connectivity index (χ3v) is 3.93. The van der Waals surface area contributed by atoms with Crippen LogP contribution in [0.2, 0.25) is 0 Å². The maximum atomic E-state index is 12.4. The van der Waals surface area contributed by atoms with E-state index in [0.717, 1.165) is 0 Å². The average Bonchev–Trinajstić information content (AvgIpc) is 3.09. The molecule has 8 nitrogen and oxygen atoms in total. The van der Waals surface area contributed by atoms with E-state index in [4.69, 9.17) is 4.42 Å². The lowest BCUT2D eigenvalue weighted by molar-refractivity contribution is -0.118. The van der Waals surface area contributed by atoms with Crippen LogP contribution in [0.4, 0.5) is 11.4 Å².